The molecule has 7 aromatic carbocycles. The highest BCUT2D eigenvalue weighted by Gasteiger charge is 2.22. The molecule has 4 heterocycles. The zero-order valence-corrected chi connectivity index (χ0v) is 26.3. The standard InChI is InChI=1S/C45H27N3O/c1-2-12-30(13-3-1)47-38-19-9-6-15-32(38)36-26-28(23-25-40(36)47)29-22-24-33-31-14-5-10-20-39(31)48(41(33)27-29)44-34-16-4-8-18-37(34)46-43-35-17-7-11-21-42(35)49-45(43)44/h1-27H. The van der Waals surface area contributed by atoms with E-state index in [1.165, 1.54) is 38.1 Å². The fourth-order valence-corrected chi connectivity index (χ4v) is 7.94. The molecule has 0 spiro atoms. The van der Waals surface area contributed by atoms with Crippen LogP contribution < -0.4 is 0 Å². The lowest BCUT2D eigenvalue weighted by Gasteiger charge is -2.13. The predicted molar refractivity (Wildman–Crippen MR) is 203 cm³/mol. The number of pyridine rings is 1. The second-order valence-electron chi connectivity index (χ2n) is 12.8. The third kappa shape index (κ3) is 3.71. The summed E-state index contributed by atoms with van der Waals surface area (Å²) in [4.78, 5) is 5.13. The average molecular weight is 626 g/mol. The predicted octanol–water partition coefficient (Wildman–Crippen LogP) is 12.0. The maximum absolute atomic E-state index is 6.67. The lowest BCUT2D eigenvalue weighted by Crippen LogP contribution is -1.98. The molecule has 0 aliphatic rings. The average Bonchev–Trinajstić information content (AvgIpc) is 3.81. The molecule has 4 heteroatoms. The van der Waals surface area contributed by atoms with Crippen molar-refractivity contribution in [1.29, 1.82) is 0 Å². The molecule has 0 aliphatic carbocycles. The summed E-state index contributed by atoms with van der Waals surface area (Å²) < 4.78 is 11.4. The van der Waals surface area contributed by atoms with E-state index >= 15 is 0 Å². The third-order valence-electron chi connectivity index (χ3n) is 10.1. The first-order valence-corrected chi connectivity index (χ1v) is 16.6. The van der Waals surface area contributed by atoms with Crippen molar-refractivity contribution in [3.8, 4) is 22.5 Å². The molecule has 49 heavy (non-hydrogen) atoms. The van der Waals surface area contributed by atoms with Crippen molar-refractivity contribution in [3.05, 3.63) is 164 Å². The van der Waals surface area contributed by atoms with Crippen LogP contribution in [0.5, 0.6) is 0 Å². The number of aromatic nitrogens is 3. The van der Waals surface area contributed by atoms with Crippen molar-refractivity contribution in [2.24, 2.45) is 0 Å². The number of nitrogens with zero attached hydrogens (tertiary/aromatic N) is 3. The van der Waals surface area contributed by atoms with Gasteiger partial charge >= 0.3 is 0 Å². The SMILES string of the molecule is c1ccc(-n2c3ccccc3c3cc(-c4ccc5c6ccccc6n(-c6c7ccccc7nc7c6oc6ccccc67)c5c4)ccc32)cc1. The molecule has 0 saturated carbocycles. The highest BCUT2D eigenvalue weighted by atomic mass is 16.3. The Hall–Kier alpha value is -6.65. The fraction of sp³-hybridized carbons (Fsp3) is 0. The van der Waals surface area contributed by atoms with E-state index in [1.54, 1.807) is 0 Å². The van der Waals surface area contributed by atoms with Gasteiger partial charge in [-0.05, 0) is 71.8 Å². The molecule has 0 aliphatic heterocycles. The Kier molecular flexibility index (Phi) is 5.35. The molecule has 0 unspecified atom stereocenters. The molecule has 11 aromatic rings. The Balaban J connectivity index is 1.21. The Bertz CT molecular complexity index is 3110. The van der Waals surface area contributed by atoms with Crippen LogP contribution in [0.25, 0.3) is 99.1 Å². The van der Waals surface area contributed by atoms with Gasteiger partial charge in [0.15, 0.2) is 5.58 Å². The zero-order chi connectivity index (χ0) is 32.1. The van der Waals surface area contributed by atoms with Gasteiger partial charge in [0.25, 0.3) is 0 Å². The van der Waals surface area contributed by atoms with Crippen LogP contribution >= 0.6 is 0 Å². The molecule has 0 saturated heterocycles. The molecule has 0 bridgehead atoms. The summed E-state index contributed by atoms with van der Waals surface area (Å²) in [7, 11) is 0. The van der Waals surface area contributed by atoms with Crippen molar-refractivity contribution in [2.75, 3.05) is 0 Å². The van der Waals surface area contributed by atoms with Crippen LogP contribution in [-0.2, 0) is 0 Å². The highest BCUT2D eigenvalue weighted by molar-refractivity contribution is 6.17. The van der Waals surface area contributed by atoms with Crippen molar-refractivity contribution >= 4 is 76.6 Å². The number of hydrogen-bond donors (Lipinski definition) is 0. The van der Waals surface area contributed by atoms with Crippen LogP contribution in [0.15, 0.2) is 168 Å². The van der Waals surface area contributed by atoms with E-state index in [-0.39, 0.29) is 0 Å². The first kappa shape index (κ1) is 26.4. The maximum atomic E-state index is 6.67. The smallest absolute Gasteiger partial charge is 0.178 e. The van der Waals surface area contributed by atoms with E-state index in [9.17, 15) is 0 Å². The quantitative estimate of drug-likeness (QED) is 0.196. The molecular formula is C45H27N3O. The van der Waals surface area contributed by atoms with Crippen LogP contribution in [0.4, 0.5) is 0 Å². The molecule has 0 amide bonds. The minimum Gasteiger partial charge on any atom is -0.452 e. The second kappa shape index (κ2) is 9.93. The number of para-hydroxylation sites is 5. The second-order valence-corrected chi connectivity index (χ2v) is 12.8. The summed E-state index contributed by atoms with van der Waals surface area (Å²) in [6, 6.07) is 58.3. The molecular weight excluding hydrogens is 599 g/mol. The van der Waals surface area contributed by atoms with Crippen molar-refractivity contribution < 1.29 is 4.42 Å². The summed E-state index contributed by atoms with van der Waals surface area (Å²) in [5.41, 5.74) is 12.6. The van der Waals surface area contributed by atoms with Crippen LogP contribution in [0.2, 0.25) is 0 Å². The Labute approximate surface area is 280 Å². The van der Waals surface area contributed by atoms with E-state index in [4.69, 9.17) is 9.40 Å². The molecule has 0 N–H and O–H groups in total. The summed E-state index contributed by atoms with van der Waals surface area (Å²) >= 11 is 0. The van der Waals surface area contributed by atoms with E-state index in [2.05, 4.69) is 161 Å². The highest BCUT2D eigenvalue weighted by Crippen LogP contribution is 2.42. The minimum atomic E-state index is 0.795. The van der Waals surface area contributed by atoms with Gasteiger partial charge in [0, 0.05) is 38.0 Å². The van der Waals surface area contributed by atoms with Gasteiger partial charge < -0.3 is 13.6 Å². The Morgan fingerprint density at radius 1 is 0.408 bits per heavy atom. The lowest BCUT2D eigenvalue weighted by atomic mass is 10.0. The number of rotatable bonds is 3. The maximum Gasteiger partial charge on any atom is 0.178 e. The number of benzene rings is 7. The molecule has 0 atom stereocenters. The number of fused-ring (bicyclic) bond motifs is 10. The molecule has 0 fully saturated rings. The van der Waals surface area contributed by atoms with Gasteiger partial charge in [-0.3, -0.25) is 0 Å². The number of furan rings is 1. The van der Waals surface area contributed by atoms with Gasteiger partial charge in [-0.15, -0.1) is 0 Å². The van der Waals surface area contributed by atoms with Gasteiger partial charge in [0.1, 0.15) is 16.8 Å². The van der Waals surface area contributed by atoms with Crippen LogP contribution in [0.1, 0.15) is 0 Å². The van der Waals surface area contributed by atoms with Crippen LogP contribution in [-0.4, -0.2) is 14.1 Å². The van der Waals surface area contributed by atoms with E-state index < -0.39 is 0 Å². The first-order valence-electron chi connectivity index (χ1n) is 16.6. The van der Waals surface area contributed by atoms with Gasteiger partial charge in [-0.2, -0.15) is 0 Å². The largest absolute Gasteiger partial charge is 0.452 e. The normalized spacial score (nSPS) is 12.1. The van der Waals surface area contributed by atoms with Crippen molar-refractivity contribution in [2.45, 2.75) is 0 Å². The molecule has 11 rings (SSSR count). The van der Waals surface area contributed by atoms with E-state index in [0.717, 1.165) is 60.9 Å². The third-order valence-corrected chi connectivity index (χ3v) is 10.1. The molecule has 0 radical (unpaired) electrons. The van der Waals surface area contributed by atoms with Gasteiger partial charge in [-0.25, -0.2) is 4.98 Å². The summed E-state index contributed by atoms with van der Waals surface area (Å²) in [5.74, 6) is 0. The Morgan fingerprint density at radius 3 is 1.84 bits per heavy atom. The number of hydrogen-bond acceptors (Lipinski definition) is 2. The molecule has 4 nitrogen and oxygen atoms in total. The fourth-order valence-electron chi connectivity index (χ4n) is 7.94. The van der Waals surface area contributed by atoms with Crippen molar-refractivity contribution in [1.82, 2.24) is 14.1 Å². The summed E-state index contributed by atoms with van der Waals surface area (Å²) in [6.07, 6.45) is 0. The lowest BCUT2D eigenvalue weighted by molar-refractivity contribution is 0.666. The van der Waals surface area contributed by atoms with Crippen LogP contribution in [0.3, 0.4) is 0 Å². The summed E-state index contributed by atoms with van der Waals surface area (Å²) in [5, 5.41) is 6.96. The molecule has 4 aromatic heterocycles. The Morgan fingerprint density at radius 2 is 1.00 bits per heavy atom. The van der Waals surface area contributed by atoms with E-state index in [0.29, 0.717) is 0 Å². The first-order chi connectivity index (χ1) is 24.3. The van der Waals surface area contributed by atoms with Gasteiger partial charge in [0.2, 0.25) is 0 Å². The topological polar surface area (TPSA) is 35.9 Å². The van der Waals surface area contributed by atoms with E-state index in [1.807, 2.05) is 12.1 Å². The van der Waals surface area contributed by atoms with Gasteiger partial charge in [0.05, 0.1) is 27.6 Å². The van der Waals surface area contributed by atoms with Gasteiger partial charge in [-0.1, -0.05) is 103 Å². The van der Waals surface area contributed by atoms with Crippen LogP contribution in [0, 0.1) is 0 Å². The summed E-state index contributed by atoms with van der Waals surface area (Å²) in [6.45, 7) is 0. The molecule has 228 valence electrons. The zero-order valence-electron chi connectivity index (χ0n) is 26.3. The minimum absolute atomic E-state index is 0.795. The van der Waals surface area contributed by atoms with Crippen molar-refractivity contribution in [3.63, 3.8) is 0 Å². The monoisotopic (exact) mass is 625 g/mol.